The highest BCUT2D eigenvalue weighted by Gasteiger charge is 2.22. The van der Waals surface area contributed by atoms with Gasteiger partial charge in [-0.2, -0.15) is 0 Å². The number of fused-ring (bicyclic) bond motifs is 2. The number of hydrogen-bond donors (Lipinski definition) is 1. The average molecular weight is 401 g/mol. The molecule has 2 heterocycles. The number of nitrogens with one attached hydrogen (secondary N) is 1. The van der Waals surface area contributed by atoms with E-state index < -0.39 is 9.84 Å². The lowest BCUT2D eigenvalue weighted by Gasteiger charge is -2.06. The lowest BCUT2D eigenvalue weighted by Crippen LogP contribution is -2.02. The third-order valence-corrected chi connectivity index (χ3v) is 6.93. The third kappa shape index (κ3) is 3.06. The highest BCUT2D eigenvalue weighted by Crippen LogP contribution is 2.32. The largest absolute Gasteiger partial charge is 0.338 e. The smallest absolute Gasteiger partial charge is 0.206 e. The first-order valence-corrected chi connectivity index (χ1v) is 10.9. The number of sulfone groups is 1. The van der Waals surface area contributed by atoms with Crippen molar-refractivity contribution in [2.75, 3.05) is 0 Å². The van der Waals surface area contributed by atoms with E-state index in [0.717, 1.165) is 45.9 Å². The molecule has 1 aliphatic heterocycles. The second kappa shape index (κ2) is 6.39. The van der Waals surface area contributed by atoms with Crippen molar-refractivity contribution in [1.82, 2.24) is 9.97 Å². The van der Waals surface area contributed by atoms with Crippen LogP contribution in [0.15, 0.2) is 75.4 Å². The molecule has 0 saturated carbocycles. The van der Waals surface area contributed by atoms with Gasteiger partial charge in [0.2, 0.25) is 9.84 Å². The van der Waals surface area contributed by atoms with E-state index in [9.17, 15) is 8.42 Å². The molecule has 0 unspecified atom stereocenters. The van der Waals surface area contributed by atoms with Gasteiger partial charge < -0.3 is 4.98 Å². The van der Waals surface area contributed by atoms with Gasteiger partial charge in [0.25, 0.3) is 0 Å². The van der Waals surface area contributed by atoms with Crippen molar-refractivity contribution in [1.29, 1.82) is 0 Å². The Labute approximate surface area is 169 Å². The quantitative estimate of drug-likeness (QED) is 0.524. The van der Waals surface area contributed by atoms with Gasteiger partial charge in [-0.1, -0.05) is 29.8 Å². The fourth-order valence-corrected chi connectivity index (χ4v) is 5.01. The zero-order valence-electron chi connectivity index (χ0n) is 16.1. The van der Waals surface area contributed by atoms with Crippen molar-refractivity contribution in [3.8, 4) is 11.4 Å². The van der Waals surface area contributed by atoms with E-state index in [1.807, 2.05) is 44.2 Å². The predicted molar refractivity (Wildman–Crippen MR) is 115 cm³/mol. The van der Waals surface area contributed by atoms with Crippen LogP contribution in [0.3, 0.4) is 0 Å². The molecule has 1 N–H and O–H groups in total. The van der Waals surface area contributed by atoms with Gasteiger partial charge in [0.05, 0.1) is 26.5 Å². The summed E-state index contributed by atoms with van der Waals surface area (Å²) in [6, 6.07) is 18.2. The molecule has 4 aromatic rings. The van der Waals surface area contributed by atoms with Crippen molar-refractivity contribution in [3.05, 3.63) is 71.8 Å². The average Bonchev–Trinajstić information content (AvgIpc) is 3.29. The highest BCUT2D eigenvalue weighted by atomic mass is 32.2. The number of benzene rings is 3. The van der Waals surface area contributed by atoms with Gasteiger partial charge in [0, 0.05) is 17.7 Å². The molecule has 0 aliphatic carbocycles. The van der Waals surface area contributed by atoms with Gasteiger partial charge in [-0.05, 0) is 55.8 Å². The minimum atomic E-state index is -3.65. The van der Waals surface area contributed by atoms with Crippen LogP contribution in [0.1, 0.15) is 18.1 Å². The van der Waals surface area contributed by atoms with Gasteiger partial charge in [0.15, 0.2) is 0 Å². The van der Waals surface area contributed by atoms with Crippen LogP contribution in [0.25, 0.3) is 22.4 Å². The van der Waals surface area contributed by atoms with Crippen LogP contribution in [-0.2, 0) is 16.3 Å². The van der Waals surface area contributed by atoms with Crippen LogP contribution in [0.4, 0.5) is 5.69 Å². The molecule has 0 saturated heterocycles. The number of aryl methyl sites for hydroxylation is 1. The second-order valence-corrected chi connectivity index (χ2v) is 9.40. The number of H-pyrrole nitrogens is 1. The summed E-state index contributed by atoms with van der Waals surface area (Å²) in [6.45, 7) is 3.98. The van der Waals surface area contributed by atoms with Gasteiger partial charge in [0.1, 0.15) is 5.82 Å². The maximum Gasteiger partial charge on any atom is 0.206 e. The number of aromatic nitrogens is 2. The molecule has 3 aromatic carbocycles. The maximum absolute atomic E-state index is 13.2. The second-order valence-electron chi connectivity index (χ2n) is 7.45. The zero-order chi connectivity index (χ0) is 20.2. The Morgan fingerprint density at radius 3 is 2.55 bits per heavy atom. The molecule has 1 aromatic heterocycles. The Morgan fingerprint density at radius 1 is 0.931 bits per heavy atom. The van der Waals surface area contributed by atoms with Crippen molar-refractivity contribution in [2.24, 2.45) is 4.99 Å². The van der Waals surface area contributed by atoms with Gasteiger partial charge in [-0.3, -0.25) is 4.99 Å². The molecular formula is C23H19N3O2S. The van der Waals surface area contributed by atoms with E-state index in [0.29, 0.717) is 5.52 Å². The first-order chi connectivity index (χ1) is 13.9. The molecule has 5 nitrogen and oxygen atoms in total. The number of imidazole rings is 1. The molecule has 0 amide bonds. The van der Waals surface area contributed by atoms with Crippen LogP contribution in [-0.4, -0.2) is 24.1 Å². The Hall–Kier alpha value is -3.25. The predicted octanol–water partition coefficient (Wildman–Crippen LogP) is 5.02. The lowest BCUT2D eigenvalue weighted by molar-refractivity contribution is 0.596. The van der Waals surface area contributed by atoms with E-state index in [1.54, 1.807) is 30.3 Å². The van der Waals surface area contributed by atoms with E-state index >= 15 is 0 Å². The Bertz CT molecular complexity index is 1420. The lowest BCUT2D eigenvalue weighted by atomic mass is 10.1. The summed E-state index contributed by atoms with van der Waals surface area (Å²) in [7, 11) is -3.65. The van der Waals surface area contributed by atoms with Crippen LogP contribution in [0.5, 0.6) is 0 Å². The molecule has 0 bridgehead atoms. The highest BCUT2D eigenvalue weighted by molar-refractivity contribution is 7.91. The number of aliphatic imine (C=N–C) groups is 1. The summed E-state index contributed by atoms with van der Waals surface area (Å²) >= 11 is 0. The zero-order valence-corrected chi connectivity index (χ0v) is 16.9. The van der Waals surface area contributed by atoms with E-state index in [1.165, 1.54) is 0 Å². The summed E-state index contributed by atoms with van der Waals surface area (Å²) in [4.78, 5) is 12.8. The summed E-state index contributed by atoms with van der Waals surface area (Å²) in [6.07, 6.45) is 0.775. The number of rotatable bonds is 3. The van der Waals surface area contributed by atoms with Crippen LogP contribution < -0.4 is 0 Å². The van der Waals surface area contributed by atoms with Crippen molar-refractivity contribution in [3.63, 3.8) is 0 Å². The molecule has 144 valence electrons. The standard InChI is InChI=1S/C23H19N3O2S/c1-14-4-3-5-17(10-14)23-25-20-9-8-19(13-22(20)26-23)29(27,28)18-7-6-16-11-15(2)24-21(16)12-18/h3-10,12-13H,11H2,1-2H3,(H,25,26). The van der Waals surface area contributed by atoms with Crippen LogP contribution in [0, 0.1) is 6.92 Å². The first-order valence-electron chi connectivity index (χ1n) is 9.39. The van der Waals surface area contributed by atoms with E-state index in [-0.39, 0.29) is 9.79 Å². The van der Waals surface area contributed by atoms with Crippen LogP contribution >= 0.6 is 0 Å². The Balaban J connectivity index is 1.57. The summed E-state index contributed by atoms with van der Waals surface area (Å²) < 4.78 is 26.4. The minimum absolute atomic E-state index is 0.239. The molecule has 5 rings (SSSR count). The molecule has 6 heteroatoms. The third-order valence-electron chi connectivity index (χ3n) is 5.18. The van der Waals surface area contributed by atoms with Gasteiger partial charge in [-0.15, -0.1) is 0 Å². The number of aromatic amines is 1. The van der Waals surface area contributed by atoms with Crippen molar-refractivity contribution < 1.29 is 8.42 Å². The maximum atomic E-state index is 13.2. The van der Waals surface area contributed by atoms with Gasteiger partial charge in [-0.25, -0.2) is 13.4 Å². The first kappa shape index (κ1) is 17.8. The molecule has 0 fully saturated rings. The molecule has 1 aliphatic rings. The Morgan fingerprint density at radius 2 is 1.72 bits per heavy atom. The molecule has 29 heavy (non-hydrogen) atoms. The normalized spacial score (nSPS) is 13.5. The van der Waals surface area contributed by atoms with E-state index in [4.69, 9.17) is 0 Å². The van der Waals surface area contributed by atoms with Crippen molar-refractivity contribution in [2.45, 2.75) is 30.1 Å². The number of hydrogen-bond acceptors (Lipinski definition) is 4. The SMILES string of the molecule is CC1=Nc2cc(S(=O)(=O)c3ccc4nc(-c5cccc(C)c5)[nH]c4c3)ccc2C1. The van der Waals surface area contributed by atoms with Crippen LogP contribution in [0.2, 0.25) is 0 Å². The monoisotopic (exact) mass is 401 g/mol. The van der Waals surface area contributed by atoms with E-state index in [2.05, 4.69) is 15.0 Å². The fraction of sp³-hybridized carbons (Fsp3) is 0.130. The molecular weight excluding hydrogens is 382 g/mol. The molecule has 0 radical (unpaired) electrons. The molecule has 0 spiro atoms. The molecule has 0 atom stereocenters. The Kier molecular flexibility index (Phi) is 3.93. The number of nitrogens with zero attached hydrogens (tertiary/aromatic N) is 2. The minimum Gasteiger partial charge on any atom is -0.338 e. The summed E-state index contributed by atoms with van der Waals surface area (Å²) in [5.41, 5.74) is 6.34. The fourth-order valence-electron chi connectivity index (χ4n) is 3.71. The van der Waals surface area contributed by atoms with Crippen molar-refractivity contribution >= 4 is 32.3 Å². The summed E-state index contributed by atoms with van der Waals surface area (Å²) in [5, 5.41) is 0. The van der Waals surface area contributed by atoms with Gasteiger partial charge >= 0.3 is 0 Å². The summed E-state index contributed by atoms with van der Waals surface area (Å²) in [5.74, 6) is 0.723. The topological polar surface area (TPSA) is 75.2 Å².